The van der Waals surface area contributed by atoms with Gasteiger partial charge in [0.2, 0.25) is 10.0 Å². The largest absolute Gasteiger partial charge is 0.497 e. The lowest BCUT2D eigenvalue weighted by atomic mass is 10.2. The molecule has 1 amide bonds. The van der Waals surface area contributed by atoms with E-state index >= 15 is 0 Å². The summed E-state index contributed by atoms with van der Waals surface area (Å²) in [6.45, 7) is 2.73. The lowest BCUT2D eigenvalue weighted by Crippen LogP contribution is -2.31. The van der Waals surface area contributed by atoms with Crippen molar-refractivity contribution < 1.29 is 22.7 Å². The zero-order valence-electron chi connectivity index (χ0n) is 16.9. The molecule has 1 saturated heterocycles. The third-order valence-electron chi connectivity index (χ3n) is 5.02. The summed E-state index contributed by atoms with van der Waals surface area (Å²) in [7, 11) is -0.239. The average molecular weight is 419 g/mol. The van der Waals surface area contributed by atoms with Crippen molar-refractivity contribution in [3.05, 3.63) is 48.0 Å². The van der Waals surface area contributed by atoms with Crippen molar-refractivity contribution in [2.24, 2.45) is 0 Å². The Morgan fingerprint density at radius 3 is 2.52 bits per heavy atom. The molecule has 8 heteroatoms. The Bertz CT molecular complexity index is 984. The molecule has 0 radical (unpaired) electrons. The number of amides is 1. The van der Waals surface area contributed by atoms with Crippen LogP contribution in [0.15, 0.2) is 47.4 Å². The van der Waals surface area contributed by atoms with Gasteiger partial charge in [0.15, 0.2) is 6.61 Å². The van der Waals surface area contributed by atoms with Crippen molar-refractivity contribution in [2.45, 2.75) is 24.7 Å². The highest BCUT2D eigenvalue weighted by Gasteiger charge is 2.27. The van der Waals surface area contributed by atoms with Gasteiger partial charge in [0.05, 0.1) is 12.0 Å². The van der Waals surface area contributed by atoms with Crippen molar-refractivity contribution in [1.29, 1.82) is 0 Å². The Hall–Kier alpha value is -2.58. The van der Waals surface area contributed by atoms with E-state index in [2.05, 4.69) is 0 Å². The molecule has 156 valence electrons. The minimum absolute atomic E-state index is 0.160. The van der Waals surface area contributed by atoms with Gasteiger partial charge in [-0.15, -0.1) is 0 Å². The van der Waals surface area contributed by atoms with E-state index in [9.17, 15) is 13.2 Å². The maximum atomic E-state index is 12.7. The number of benzene rings is 2. The molecule has 1 aliphatic rings. The van der Waals surface area contributed by atoms with Crippen molar-refractivity contribution >= 4 is 21.6 Å². The van der Waals surface area contributed by atoms with Crippen molar-refractivity contribution in [3.63, 3.8) is 0 Å². The molecule has 0 bridgehead atoms. The Morgan fingerprint density at radius 2 is 1.86 bits per heavy atom. The molecule has 1 aliphatic heterocycles. The number of hydrogen-bond donors (Lipinski definition) is 0. The molecule has 0 aliphatic carbocycles. The fourth-order valence-corrected chi connectivity index (χ4v) is 4.82. The molecular weight excluding hydrogens is 392 g/mol. The summed E-state index contributed by atoms with van der Waals surface area (Å²) < 4.78 is 37.7. The number of anilines is 1. The van der Waals surface area contributed by atoms with Crippen LogP contribution in [0.3, 0.4) is 0 Å². The van der Waals surface area contributed by atoms with Gasteiger partial charge in [0, 0.05) is 31.9 Å². The number of aryl methyl sites for hydroxylation is 1. The van der Waals surface area contributed by atoms with Crippen LogP contribution >= 0.6 is 0 Å². The topological polar surface area (TPSA) is 76.1 Å². The van der Waals surface area contributed by atoms with E-state index in [-0.39, 0.29) is 17.4 Å². The molecule has 2 aromatic rings. The number of carbonyl (C=O) groups excluding carboxylic acids is 1. The maximum absolute atomic E-state index is 12.7. The van der Waals surface area contributed by atoms with E-state index < -0.39 is 10.0 Å². The minimum Gasteiger partial charge on any atom is -0.497 e. The van der Waals surface area contributed by atoms with Crippen LogP contribution < -0.4 is 14.4 Å². The van der Waals surface area contributed by atoms with E-state index in [1.54, 1.807) is 45.3 Å². The third kappa shape index (κ3) is 4.71. The minimum atomic E-state index is -3.47. The Kier molecular flexibility index (Phi) is 6.44. The Balaban J connectivity index is 1.66. The van der Waals surface area contributed by atoms with Crippen LogP contribution in [-0.2, 0) is 14.8 Å². The molecule has 29 heavy (non-hydrogen) atoms. The number of rotatable bonds is 7. The van der Waals surface area contributed by atoms with E-state index in [1.807, 2.05) is 12.1 Å². The van der Waals surface area contributed by atoms with Gasteiger partial charge in [0.1, 0.15) is 11.5 Å². The van der Waals surface area contributed by atoms with E-state index in [0.29, 0.717) is 35.8 Å². The van der Waals surface area contributed by atoms with Gasteiger partial charge in [-0.1, -0.05) is 6.07 Å². The standard InChI is InChI=1S/C21H26N2O5S/c1-16-13-19(29(25,26)23-11-4-5-12-23)9-10-20(16)28-15-21(24)22(2)17-7-6-8-18(14-17)27-3/h6-10,13-14H,4-5,11-12,15H2,1-3H3. The van der Waals surface area contributed by atoms with Crippen LogP contribution in [0.2, 0.25) is 0 Å². The first-order valence-electron chi connectivity index (χ1n) is 9.47. The van der Waals surface area contributed by atoms with Crippen LogP contribution in [0.25, 0.3) is 0 Å². The molecule has 1 heterocycles. The molecule has 2 aromatic carbocycles. The van der Waals surface area contributed by atoms with E-state index in [4.69, 9.17) is 9.47 Å². The number of ether oxygens (including phenoxy) is 2. The Morgan fingerprint density at radius 1 is 1.14 bits per heavy atom. The van der Waals surface area contributed by atoms with Gasteiger partial charge in [0.25, 0.3) is 5.91 Å². The molecule has 1 fully saturated rings. The van der Waals surface area contributed by atoms with Crippen LogP contribution in [0, 0.1) is 6.92 Å². The Labute approximate surface area is 171 Å². The van der Waals surface area contributed by atoms with Gasteiger partial charge in [-0.05, 0) is 55.7 Å². The van der Waals surface area contributed by atoms with Crippen LogP contribution in [0.4, 0.5) is 5.69 Å². The van der Waals surface area contributed by atoms with Crippen LogP contribution in [0.1, 0.15) is 18.4 Å². The quantitative estimate of drug-likeness (QED) is 0.691. The summed E-state index contributed by atoms with van der Waals surface area (Å²) in [4.78, 5) is 14.2. The summed E-state index contributed by atoms with van der Waals surface area (Å²) in [5.41, 5.74) is 1.36. The lowest BCUT2D eigenvalue weighted by molar-refractivity contribution is -0.120. The summed E-state index contributed by atoms with van der Waals surface area (Å²) >= 11 is 0. The average Bonchev–Trinajstić information content (AvgIpc) is 3.28. The summed E-state index contributed by atoms with van der Waals surface area (Å²) in [6.07, 6.45) is 1.78. The van der Waals surface area contributed by atoms with E-state index in [0.717, 1.165) is 12.8 Å². The predicted octanol–water partition coefficient (Wildman–Crippen LogP) is 2.83. The molecule has 0 unspecified atom stereocenters. The summed E-state index contributed by atoms with van der Waals surface area (Å²) in [5.74, 6) is 0.915. The molecule has 0 saturated carbocycles. The highest BCUT2D eigenvalue weighted by molar-refractivity contribution is 7.89. The molecule has 0 atom stereocenters. The number of hydrogen-bond acceptors (Lipinski definition) is 5. The second-order valence-corrected chi connectivity index (χ2v) is 8.92. The van der Waals surface area contributed by atoms with Crippen LogP contribution in [0.5, 0.6) is 11.5 Å². The van der Waals surface area contributed by atoms with Crippen molar-refractivity contribution in [1.82, 2.24) is 4.31 Å². The monoisotopic (exact) mass is 418 g/mol. The first-order chi connectivity index (χ1) is 13.8. The second-order valence-electron chi connectivity index (χ2n) is 6.98. The lowest BCUT2D eigenvalue weighted by Gasteiger charge is -2.19. The number of carbonyl (C=O) groups is 1. The van der Waals surface area contributed by atoms with Gasteiger partial charge in [-0.2, -0.15) is 4.31 Å². The molecule has 0 N–H and O–H groups in total. The van der Waals surface area contributed by atoms with Gasteiger partial charge < -0.3 is 14.4 Å². The smallest absolute Gasteiger partial charge is 0.264 e. The van der Waals surface area contributed by atoms with E-state index in [1.165, 1.54) is 15.3 Å². The molecule has 3 rings (SSSR count). The van der Waals surface area contributed by atoms with Crippen LogP contribution in [-0.4, -0.2) is 52.5 Å². The fourth-order valence-electron chi connectivity index (χ4n) is 3.22. The van der Waals surface area contributed by atoms with Gasteiger partial charge in [-0.3, -0.25) is 4.79 Å². The second kappa shape index (κ2) is 8.84. The maximum Gasteiger partial charge on any atom is 0.264 e. The highest BCUT2D eigenvalue weighted by Crippen LogP contribution is 2.26. The van der Waals surface area contributed by atoms with Crippen molar-refractivity contribution in [3.8, 4) is 11.5 Å². The molecule has 0 spiro atoms. The summed E-state index contributed by atoms with van der Waals surface area (Å²) in [6, 6.07) is 11.9. The highest BCUT2D eigenvalue weighted by atomic mass is 32.2. The first-order valence-corrected chi connectivity index (χ1v) is 10.9. The fraction of sp³-hybridized carbons (Fsp3) is 0.381. The SMILES string of the molecule is COc1cccc(N(C)C(=O)COc2ccc(S(=O)(=O)N3CCCC3)cc2C)c1. The number of methoxy groups -OCH3 is 1. The van der Waals surface area contributed by atoms with Crippen molar-refractivity contribution in [2.75, 3.05) is 38.8 Å². The summed E-state index contributed by atoms with van der Waals surface area (Å²) in [5, 5.41) is 0. The first kappa shape index (κ1) is 21.1. The number of likely N-dealkylation sites (N-methyl/N-ethyl adjacent to an activating group) is 1. The normalized spacial score (nSPS) is 14.6. The zero-order valence-corrected chi connectivity index (χ0v) is 17.7. The molecular formula is C21H26N2O5S. The zero-order chi connectivity index (χ0) is 21.0. The predicted molar refractivity (Wildman–Crippen MR) is 111 cm³/mol. The third-order valence-corrected chi connectivity index (χ3v) is 6.91. The molecule has 7 nitrogen and oxygen atoms in total. The molecule has 0 aromatic heterocycles. The number of sulfonamides is 1. The van der Waals surface area contributed by atoms with Gasteiger partial charge >= 0.3 is 0 Å². The van der Waals surface area contributed by atoms with Gasteiger partial charge in [-0.25, -0.2) is 8.42 Å². The number of nitrogens with zero attached hydrogens (tertiary/aromatic N) is 2.